The molecule has 0 amide bonds. The van der Waals surface area contributed by atoms with Gasteiger partial charge in [-0.2, -0.15) is 9.97 Å². The Morgan fingerprint density at radius 1 is 1.13 bits per heavy atom. The maximum Gasteiger partial charge on any atom is 0.319 e. The fourth-order valence-electron chi connectivity index (χ4n) is 7.87. The van der Waals surface area contributed by atoms with E-state index in [-0.39, 0.29) is 52.1 Å². The number of aromatic hydroxyl groups is 1. The number of terminal acetylenes is 1. The number of aromatic nitrogens is 3. The number of pyridine rings is 1. The molecule has 4 aromatic rings. The molecule has 0 unspecified atom stereocenters. The highest BCUT2D eigenvalue weighted by atomic mass is 19.1. The van der Waals surface area contributed by atoms with Gasteiger partial charge in [-0.25, -0.2) is 18.2 Å². The molecule has 2 aromatic heterocycles. The summed E-state index contributed by atoms with van der Waals surface area (Å²) in [5, 5.41) is 15.1. The number of phenols is 1. The zero-order valence-electron chi connectivity index (χ0n) is 25.2. The first-order chi connectivity index (χ1) is 22.3. The molecular formula is C34H33F3N6O3. The van der Waals surface area contributed by atoms with Gasteiger partial charge in [0.1, 0.15) is 47.2 Å². The van der Waals surface area contributed by atoms with Gasteiger partial charge in [-0.3, -0.25) is 4.90 Å². The van der Waals surface area contributed by atoms with E-state index in [2.05, 4.69) is 26.0 Å². The lowest BCUT2D eigenvalue weighted by atomic mass is 9.95. The topological polar surface area (TPSA) is 95.9 Å². The molecule has 4 aliphatic rings. The van der Waals surface area contributed by atoms with Crippen molar-refractivity contribution in [2.24, 2.45) is 0 Å². The molecule has 0 radical (unpaired) electrons. The van der Waals surface area contributed by atoms with Crippen molar-refractivity contribution in [3.05, 3.63) is 41.5 Å². The van der Waals surface area contributed by atoms with Crippen molar-refractivity contribution in [2.75, 3.05) is 56.2 Å². The van der Waals surface area contributed by atoms with Crippen LogP contribution in [0.25, 0.3) is 32.9 Å². The van der Waals surface area contributed by atoms with Crippen LogP contribution >= 0.6 is 0 Å². The predicted molar refractivity (Wildman–Crippen MR) is 168 cm³/mol. The van der Waals surface area contributed by atoms with Gasteiger partial charge in [-0.1, -0.05) is 12.0 Å². The monoisotopic (exact) mass is 630 g/mol. The fourth-order valence-corrected chi connectivity index (χ4v) is 7.87. The Labute approximate surface area is 263 Å². The maximum absolute atomic E-state index is 17.0. The molecular weight excluding hydrogens is 597 g/mol. The number of anilines is 2. The first-order valence-corrected chi connectivity index (χ1v) is 15.8. The van der Waals surface area contributed by atoms with Gasteiger partial charge in [0.15, 0.2) is 5.82 Å². The lowest BCUT2D eigenvalue weighted by Crippen LogP contribution is -2.43. The van der Waals surface area contributed by atoms with E-state index in [1.807, 2.05) is 0 Å². The van der Waals surface area contributed by atoms with Gasteiger partial charge in [-0.15, -0.1) is 6.42 Å². The van der Waals surface area contributed by atoms with Crippen LogP contribution in [0.5, 0.6) is 11.8 Å². The molecule has 3 saturated heterocycles. The lowest BCUT2D eigenvalue weighted by Gasteiger charge is -2.34. The molecule has 0 bridgehead atoms. The van der Waals surface area contributed by atoms with Crippen molar-refractivity contribution in [2.45, 2.75) is 49.9 Å². The zero-order chi connectivity index (χ0) is 31.6. The Kier molecular flexibility index (Phi) is 7.06. The number of ether oxygens (including phenoxy) is 2. The van der Waals surface area contributed by atoms with Crippen molar-refractivity contribution in [1.82, 2.24) is 19.9 Å². The second kappa shape index (κ2) is 11.2. The Hall–Kier alpha value is -4.34. The zero-order valence-corrected chi connectivity index (χ0v) is 25.2. The van der Waals surface area contributed by atoms with Gasteiger partial charge in [0, 0.05) is 49.7 Å². The molecule has 2 aromatic carbocycles. The number of rotatable bonds is 4. The van der Waals surface area contributed by atoms with Gasteiger partial charge in [0.05, 0.1) is 23.1 Å². The molecule has 0 aliphatic carbocycles. The summed E-state index contributed by atoms with van der Waals surface area (Å²) in [6.45, 7) is 3.50. The minimum atomic E-state index is -0.928. The van der Waals surface area contributed by atoms with Crippen LogP contribution in [0.15, 0.2) is 24.3 Å². The molecule has 6 heterocycles. The number of phenolic OH excluding ortho intramolecular Hbond substituents is 1. The normalized spacial score (nSPS) is 24.5. The highest BCUT2D eigenvalue weighted by molar-refractivity contribution is 6.05. The summed E-state index contributed by atoms with van der Waals surface area (Å²) in [7, 11) is 0. The number of fused-ring (bicyclic) bond motifs is 4. The number of alkyl halides is 1. The Bertz CT molecular complexity index is 1920. The minimum absolute atomic E-state index is 0.0198. The van der Waals surface area contributed by atoms with E-state index in [0.717, 1.165) is 32.2 Å². The smallest absolute Gasteiger partial charge is 0.319 e. The summed E-state index contributed by atoms with van der Waals surface area (Å²) in [6, 6.07) is 5.52. The molecule has 9 nitrogen and oxygen atoms in total. The van der Waals surface area contributed by atoms with E-state index in [0.29, 0.717) is 61.7 Å². The SMILES string of the molecule is C#Cc1c(F)ccc2cc(O)cc(-c3nc4c5c(nc(OC[C@@]67CCCN6C[C@H](F)C7)nc5c3F)N3CCOCC[C@@H]3CCN4)c12. The Balaban J connectivity index is 1.34. The number of nitrogens with zero attached hydrogens (tertiary/aromatic N) is 5. The van der Waals surface area contributed by atoms with Crippen molar-refractivity contribution >= 4 is 33.3 Å². The van der Waals surface area contributed by atoms with E-state index < -0.39 is 23.3 Å². The summed E-state index contributed by atoms with van der Waals surface area (Å²) in [6.07, 6.45) is 8.42. The predicted octanol–water partition coefficient (Wildman–Crippen LogP) is 5.18. The van der Waals surface area contributed by atoms with Gasteiger partial charge in [0.2, 0.25) is 0 Å². The third kappa shape index (κ3) is 4.67. The molecule has 0 spiro atoms. The molecule has 12 heteroatoms. The van der Waals surface area contributed by atoms with E-state index in [1.165, 1.54) is 24.3 Å². The van der Waals surface area contributed by atoms with Crippen molar-refractivity contribution in [1.29, 1.82) is 0 Å². The van der Waals surface area contributed by atoms with Gasteiger partial charge in [-0.05, 0) is 55.8 Å². The molecule has 4 aliphatic heterocycles. The average Bonchev–Trinajstić information content (AvgIpc) is 3.46. The van der Waals surface area contributed by atoms with Crippen LogP contribution in [-0.4, -0.2) is 88.7 Å². The summed E-state index contributed by atoms with van der Waals surface area (Å²) in [5.74, 6) is 1.62. The van der Waals surface area contributed by atoms with Crippen LogP contribution in [0.4, 0.5) is 24.8 Å². The number of hydrogen-bond acceptors (Lipinski definition) is 9. The Morgan fingerprint density at radius 2 is 2.02 bits per heavy atom. The minimum Gasteiger partial charge on any atom is -0.508 e. The largest absolute Gasteiger partial charge is 0.508 e. The molecule has 46 heavy (non-hydrogen) atoms. The first kappa shape index (κ1) is 29.1. The summed E-state index contributed by atoms with van der Waals surface area (Å²) >= 11 is 0. The Morgan fingerprint density at radius 3 is 2.89 bits per heavy atom. The molecule has 3 atom stereocenters. The molecule has 3 fully saturated rings. The maximum atomic E-state index is 17.0. The summed E-state index contributed by atoms with van der Waals surface area (Å²) in [5.41, 5.74) is -0.573. The second-order valence-electron chi connectivity index (χ2n) is 12.7. The molecule has 0 saturated carbocycles. The third-order valence-electron chi connectivity index (χ3n) is 9.98. The van der Waals surface area contributed by atoms with Crippen molar-refractivity contribution in [3.8, 4) is 35.4 Å². The molecule has 238 valence electrons. The first-order valence-electron chi connectivity index (χ1n) is 15.8. The standard InChI is InChI=1S/C34H33F3N6O3/c1-2-23-25(36)5-4-19-14-22(44)15-24(26(19)23)29-28(37)30-27-31(39-29)38-9-6-21-7-12-45-13-11-43(21)32(27)41-33(40-30)46-18-34-8-3-10-42(34)17-20(35)16-34/h1,4-5,14-15,20-21,44H,3,6-13,16-18H2,(H,38,39)/t20-,21+,34+/m1/s1. The van der Waals surface area contributed by atoms with Crippen molar-refractivity contribution < 1.29 is 27.8 Å². The van der Waals surface area contributed by atoms with Crippen LogP contribution in [-0.2, 0) is 4.74 Å². The van der Waals surface area contributed by atoms with E-state index in [9.17, 15) is 13.9 Å². The highest BCUT2D eigenvalue weighted by Gasteiger charge is 2.49. The van der Waals surface area contributed by atoms with Crippen LogP contribution in [0, 0.1) is 24.0 Å². The lowest BCUT2D eigenvalue weighted by molar-refractivity contribution is 0.107. The highest BCUT2D eigenvalue weighted by Crippen LogP contribution is 2.44. The number of hydrogen-bond donors (Lipinski definition) is 2. The number of halogens is 3. The van der Waals surface area contributed by atoms with Crippen LogP contribution in [0.1, 0.15) is 37.7 Å². The average molecular weight is 631 g/mol. The van der Waals surface area contributed by atoms with E-state index in [1.54, 1.807) is 0 Å². The van der Waals surface area contributed by atoms with Crippen LogP contribution in [0.2, 0.25) is 0 Å². The van der Waals surface area contributed by atoms with E-state index in [4.69, 9.17) is 25.9 Å². The van der Waals surface area contributed by atoms with Crippen molar-refractivity contribution in [3.63, 3.8) is 0 Å². The third-order valence-corrected chi connectivity index (χ3v) is 9.98. The quantitative estimate of drug-likeness (QED) is 0.296. The van der Waals surface area contributed by atoms with Crippen LogP contribution in [0.3, 0.4) is 0 Å². The van der Waals surface area contributed by atoms with Gasteiger partial charge in [0.25, 0.3) is 0 Å². The summed E-state index contributed by atoms with van der Waals surface area (Å²) < 4.78 is 58.6. The molecule has 2 N–H and O–H groups in total. The summed E-state index contributed by atoms with van der Waals surface area (Å²) in [4.78, 5) is 18.5. The van der Waals surface area contributed by atoms with Gasteiger partial charge >= 0.3 is 6.01 Å². The van der Waals surface area contributed by atoms with E-state index >= 15 is 4.39 Å². The number of nitrogens with one attached hydrogen (secondary N) is 1. The van der Waals surface area contributed by atoms with Crippen LogP contribution < -0.4 is 15.0 Å². The fraction of sp³-hybridized carbons (Fsp3) is 0.441. The number of benzene rings is 2. The molecule has 8 rings (SSSR count). The van der Waals surface area contributed by atoms with Gasteiger partial charge < -0.3 is 24.8 Å². The second-order valence-corrected chi connectivity index (χ2v) is 12.7.